The van der Waals surface area contributed by atoms with Crippen molar-refractivity contribution >= 4 is 38.7 Å². The first-order valence-corrected chi connectivity index (χ1v) is 8.64. The molecular formula is C12H12Cl2FN3O2S. The molecule has 0 fully saturated rings. The number of halogens is 3. The molecule has 0 amide bonds. The van der Waals surface area contributed by atoms with Crippen LogP contribution in [0.2, 0.25) is 10.0 Å². The summed E-state index contributed by atoms with van der Waals surface area (Å²) in [6.07, 6.45) is 2.61. The lowest BCUT2D eigenvalue weighted by molar-refractivity contribution is 0.586. The lowest BCUT2D eigenvalue weighted by Gasteiger charge is -2.04. The summed E-state index contributed by atoms with van der Waals surface area (Å²) in [5.41, 5.74) is 6.68. The highest BCUT2D eigenvalue weighted by molar-refractivity contribution is 7.90. The van der Waals surface area contributed by atoms with Crippen molar-refractivity contribution in [2.75, 3.05) is 17.7 Å². The maximum atomic E-state index is 13.5. The minimum atomic E-state index is -3.12. The molecule has 0 bridgehead atoms. The van der Waals surface area contributed by atoms with E-state index in [0.717, 1.165) is 12.3 Å². The van der Waals surface area contributed by atoms with Gasteiger partial charge in [0.05, 0.1) is 28.0 Å². The van der Waals surface area contributed by atoms with Crippen molar-refractivity contribution in [2.24, 2.45) is 0 Å². The summed E-state index contributed by atoms with van der Waals surface area (Å²) >= 11 is 11.7. The largest absolute Gasteiger partial charge is 0.396 e. The first-order valence-electron chi connectivity index (χ1n) is 5.83. The Morgan fingerprint density at radius 3 is 2.62 bits per heavy atom. The zero-order chi connectivity index (χ0) is 15.8. The molecule has 2 N–H and O–H groups in total. The second kappa shape index (κ2) is 5.82. The van der Waals surface area contributed by atoms with Gasteiger partial charge in [-0.3, -0.25) is 4.68 Å². The molecule has 9 heteroatoms. The number of nitrogen functional groups attached to an aromatic ring is 1. The fourth-order valence-corrected chi connectivity index (χ4v) is 2.72. The van der Waals surface area contributed by atoms with Gasteiger partial charge in [-0.05, 0) is 12.1 Å². The molecule has 0 aliphatic rings. The van der Waals surface area contributed by atoms with Crippen molar-refractivity contribution in [3.05, 3.63) is 34.2 Å². The molecule has 0 unspecified atom stereocenters. The molecule has 0 aliphatic carbocycles. The Hall–Kier alpha value is -1.31. The van der Waals surface area contributed by atoms with Crippen LogP contribution >= 0.6 is 23.2 Å². The zero-order valence-electron chi connectivity index (χ0n) is 11.0. The van der Waals surface area contributed by atoms with Gasteiger partial charge in [-0.15, -0.1) is 0 Å². The first-order chi connectivity index (χ1) is 9.67. The Morgan fingerprint density at radius 2 is 2.00 bits per heavy atom. The van der Waals surface area contributed by atoms with Crippen LogP contribution in [-0.2, 0) is 16.4 Å². The van der Waals surface area contributed by atoms with E-state index in [1.54, 1.807) is 0 Å². The zero-order valence-corrected chi connectivity index (χ0v) is 13.3. The predicted molar refractivity (Wildman–Crippen MR) is 81.8 cm³/mol. The van der Waals surface area contributed by atoms with E-state index in [4.69, 9.17) is 28.9 Å². The highest BCUT2D eigenvalue weighted by atomic mass is 35.5. The fourth-order valence-electron chi connectivity index (χ4n) is 1.72. The number of nitrogens with zero attached hydrogens (tertiary/aromatic N) is 2. The molecule has 0 saturated heterocycles. The van der Waals surface area contributed by atoms with E-state index in [2.05, 4.69) is 5.10 Å². The number of rotatable bonds is 4. The van der Waals surface area contributed by atoms with E-state index in [1.165, 1.54) is 16.9 Å². The molecule has 2 rings (SSSR count). The number of hydrogen-bond acceptors (Lipinski definition) is 4. The van der Waals surface area contributed by atoms with Crippen molar-refractivity contribution in [2.45, 2.75) is 6.54 Å². The Labute approximate surface area is 131 Å². The predicted octanol–water partition coefficient (Wildman–Crippen LogP) is 2.62. The lowest BCUT2D eigenvalue weighted by Crippen LogP contribution is -2.11. The molecule has 5 nitrogen and oxygen atoms in total. The van der Waals surface area contributed by atoms with Crippen LogP contribution in [0.4, 0.5) is 10.1 Å². The van der Waals surface area contributed by atoms with E-state index in [-0.39, 0.29) is 33.7 Å². The molecule has 0 radical (unpaired) electrons. The van der Waals surface area contributed by atoms with Crippen LogP contribution in [0.15, 0.2) is 18.3 Å². The van der Waals surface area contributed by atoms with E-state index >= 15 is 0 Å². The summed E-state index contributed by atoms with van der Waals surface area (Å²) in [6.45, 7) is 0.150. The molecule has 1 aromatic heterocycles. The number of aryl methyl sites for hydroxylation is 1. The van der Waals surface area contributed by atoms with Crippen LogP contribution in [0.25, 0.3) is 11.3 Å². The smallest absolute Gasteiger partial charge is 0.149 e. The van der Waals surface area contributed by atoms with Crippen molar-refractivity contribution in [3.8, 4) is 11.3 Å². The summed E-state index contributed by atoms with van der Waals surface area (Å²) in [7, 11) is -3.12. The average Bonchev–Trinajstić information content (AvgIpc) is 2.72. The molecule has 2 aromatic rings. The average molecular weight is 352 g/mol. The molecule has 0 atom stereocenters. The highest BCUT2D eigenvalue weighted by Crippen LogP contribution is 2.34. The number of nitrogens with two attached hydrogens (primary N) is 1. The molecule has 0 aliphatic heterocycles. The van der Waals surface area contributed by atoms with Gasteiger partial charge < -0.3 is 5.73 Å². The van der Waals surface area contributed by atoms with Crippen LogP contribution in [-0.4, -0.2) is 30.2 Å². The lowest BCUT2D eigenvalue weighted by atomic mass is 10.1. The van der Waals surface area contributed by atoms with Gasteiger partial charge in [0.2, 0.25) is 0 Å². The summed E-state index contributed by atoms with van der Waals surface area (Å²) in [5.74, 6) is -0.711. The molecular weight excluding hydrogens is 340 g/mol. The fraction of sp³-hybridized carbons (Fsp3) is 0.250. The Kier molecular flexibility index (Phi) is 4.46. The Bertz CT molecular complexity index is 790. The van der Waals surface area contributed by atoms with Crippen molar-refractivity contribution in [1.29, 1.82) is 0 Å². The third-order valence-electron chi connectivity index (χ3n) is 2.75. The summed E-state index contributed by atoms with van der Waals surface area (Å²) < 4.78 is 37.2. The van der Waals surface area contributed by atoms with Crippen LogP contribution in [0.3, 0.4) is 0 Å². The maximum Gasteiger partial charge on any atom is 0.149 e. The van der Waals surface area contributed by atoms with Gasteiger partial charge in [0.15, 0.2) is 0 Å². The molecule has 0 spiro atoms. The van der Waals surface area contributed by atoms with E-state index < -0.39 is 15.7 Å². The topological polar surface area (TPSA) is 78.0 Å². The van der Waals surface area contributed by atoms with Gasteiger partial charge in [0, 0.05) is 18.0 Å². The van der Waals surface area contributed by atoms with Crippen LogP contribution in [0.5, 0.6) is 0 Å². The molecule has 1 aromatic carbocycles. The van der Waals surface area contributed by atoms with Crippen LogP contribution < -0.4 is 5.73 Å². The number of sulfone groups is 1. The second-order valence-corrected chi connectivity index (χ2v) is 7.65. The minimum Gasteiger partial charge on any atom is -0.396 e. The molecule has 21 heavy (non-hydrogen) atoms. The van der Waals surface area contributed by atoms with Gasteiger partial charge >= 0.3 is 0 Å². The van der Waals surface area contributed by atoms with Crippen molar-refractivity contribution in [1.82, 2.24) is 9.78 Å². The van der Waals surface area contributed by atoms with Gasteiger partial charge in [0.25, 0.3) is 0 Å². The van der Waals surface area contributed by atoms with Crippen molar-refractivity contribution in [3.63, 3.8) is 0 Å². The van der Waals surface area contributed by atoms with E-state index in [9.17, 15) is 12.8 Å². The number of aromatic nitrogens is 2. The van der Waals surface area contributed by atoms with Crippen LogP contribution in [0.1, 0.15) is 0 Å². The summed E-state index contributed by atoms with van der Waals surface area (Å²) in [6, 6.07) is 2.41. The number of benzene rings is 1. The summed E-state index contributed by atoms with van der Waals surface area (Å²) in [4.78, 5) is 0. The third-order valence-corrected chi connectivity index (χ3v) is 4.27. The molecule has 114 valence electrons. The number of anilines is 1. The van der Waals surface area contributed by atoms with E-state index in [1.807, 2.05) is 0 Å². The quantitative estimate of drug-likeness (QED) is 0.858. The first kappa shape index (κ1) is 16.1. The van der Waals surface area contributed by atoms with Gasteiger partial charge in [-0.2, -0.15) is 5.10 Å². The third kappa shape index (κ3) is 3.87. The standard InChI is InChI=1S/C12H12Cl2FN3O2S/c1-21(19,20)3-2-18-6-11(16)12(17-18)7-4-10(15)9(14)5-8(7)13/h4-6H,2-3,16H2,1H3. The van der Waals surface area contributed by atoms with Gasteiger partial charge in [0.1, 0.15) is 21.3 Å². The minimum absolute atomic E-state index is 0.0731. The SMILES string of the molecule is CS(=O)(=O)CCn1cc(N)c(-c2cc(F)c(Cl)cc2Cl)n1. The number of hydrogen-bond donors (Lipinski definition) is 1. The van der Waals surface area contributed by atoms with Gasteiger partial charge in [-0.1, -0.05) is 23.2 Å². The second-order valence-electron chi connectivity index (χ2n) is 4.57. The van der Waals surface area contributed by atoms with Crippen LogP contribution in [0, 0.1) is 5.82 Å². The molecule has 1 heterocycles. The Morgan fingerprint density at radius 1 is 1.33 bits per heavy atom. The monoisotopic (exact) mass is 351 g/mol. The van der Waals surface area contributed by atoms with Crippen molar-refractivity contribution < 1.29 is 12.8 Å². The maximum absolute atomic E-state index is 13.5. The normalized spacial score (nSPS) is 11.8. The van der Waals surface area contributed by atoms with Gasteiger partial charge in [-0.25, -0.2) is 12.8 Å². The Balaban J connectivity index is 2.37. The highest BCUT2D eigenvalue weighted by Gasteiger charge is 2.15. The molecule has 0 saturated carbocycles. The summed E-state index contributed by atoms with van der Waals surface area (Å²) in [5, 5.41) is 4.26. The van der Waals surface area contributed by atoms with E-state index in [0.29, 0.717) is 5.56 Å².